The molecule has 2 aliphatic rings. The van der Waals surface area contributed by atoms with Crippen LogP contribution in [0, 0.1) is 5.41 Å². The SMILES string of the molecule is CC(C)N1CCC2(C[NH2+]C2)C1. The zero-order chi connectivity index (χ0) is 7.90. The molecule has 2 heteroatoms. The third-order valence-corrected chi connectivity index (χ3v) is 3.35. The van der Waals surface area contributed by atoms with Crippen LogP contribution in [0.5, 0.6) is 0 Å². The fourth-order valence-electron chi connectivity index (χ4n) is 2.30. The summed E-state index contributed by atoms with van der Waals surface area (Å²) in [6.07, 6.45) is 1.45. The highest BCUT2D eigenvalue weighted by Crippen LogP contribution is 2.31. The van der Waals surface area contributed by atoms with Gasteiger partial charge >= 0.3 is 0 Å². The van der Waals surface area contributed by atoms with Crippen LogP contribution >= 0.6 is 0 Å². The summed E-state index contributed by atoms with van der Waals surface area (Å²) in [5, 5.41) is 2.43. The van der Waals surface area contributed by atoms with Gasteiger partial charge in [0.1, 0.15) is 0 Å². The second-order valence-corrected chi connectivity index (χ2v) is 4.51. The maximum Gasteiger partial charge on any atom is 0.0880 e. The number of nitrogens with two attached hydrogens (primary N) is 1. The Bertz CT molecular complexity index is 150. The van der Waals surface area contributed by atoms with Crippen LogP contribution in [-0.2, 0) is 0 Å². The first-order chi connectivity index (χ1) is 5.22. The first-order valence-corrected chi connectivity index (χ1v) is 4.78. The van der Waals surface area contributed by atoms with Crippen molar-refractivity contribution >= 4 is 0 Å². The highest BCUT2D eigenvalue weighted by Gasteiger charge is 2.47. The molecule has 2 N–H and O–H groups in total. The van der Waals surface area contributed by atoms with Crippen molar-refractivity contribution in [2.45, 2.75) is 26.3 Å². The third-order valence-electron chi connectivity index (χ3n) is 3.35. The van der Waals surface area contributed by atoms with Gasteiger partial charge < -0.3 is 5.32 Å². The Balaban J connectivity index is 1.93. The first kappa shape index (κ1) is 7.56. The van der Waals surface area contributed by atoms with Crippen molar-refractivity contribution in [3.63, 3.8) is 0 Å². The summed E-state index contributed by atoms with van der Waals surface area (Å²) in [6.45, 7) is 10.1. The Hall–Kier alpha value is -0.0800. The molecule has 2 nitrogen and oxygen atoms in total. The minimum atomic E-state index is 0.740. The summed E-state index contributed by atoms with van der Waals surface area (Å²) in [4.78, 5) is 2.62. The second kappa shape index (κ2) is 2.46. The highest BCUT2D eigenvalue weighted by molar-refractivity contribution is 4.92. The molecule has 0 aromatic carbocycles. The zero-order valence-electron chi connectivity index (χ0n) is 7.64. The first-order valence-electron chi connectivity index (χ1n) is 4.78. The highest BCUT2D eigenvalue weighted by atomic mass is 15.2. The molecule has 0 aromatic rings. The molecule has 0 aromatic heterocycles. The van der Waals surface area contributed by atoms with Gasteiger partial charge in [0.2, 0.25) is 0 Å². The van der Waals surface area contributed by atoms with Gasteiger partial charge in [0, 0.05) is 12.6 Å². The Labute approximate surface area is 69.0 Å². The van der Waals surface area contributed by atoms with Crippen LogP contribution in [0.1, 0.15) is 20.3 Å². The van der Waals surface area contributed by atoms with E-state index in [9.17, 15) is 0 Å². The lowest BCUT2D eigenvalue weighted by Gasteiger charge is -2.35. The standard InChI is InChI=1S/C9H18N2/c1-8(2)11-4-3-9(7-11)5-10-6-9/h8,10H,3-7H2,1-2H3/p+1. The molecule has 2 fully saturated rings. The largest absolute Gasteiger partial charge is 0.345 e. The van der Waals surface area contributed by atoms with Gasteiger partial charge in [-0.05, 0) is 26.8 Å². The molecule has 0 atom stereocenters. The molecule has 0 radical (unpaired) electrons. The number of hydrogen-bond donors (Lipinski definition) is 1. The van der Waals surface area contributed by atoms with Crippen LogP contribution in [0.2, 0.25) is 0 Å². The summed E-state index contributed by atoms with van der Waals surface area (Å²) < 4.78 is 0. The number of hydrogen-bond acceptors (Lipinski definition) is 1. The minimum absolute atomic E-state index is 0.740. The average Bonchev–Trinajstić information content (AvgIpc) is 2.28. The fourth-order valence-corrected chi connectivity index (χ4v) is 2.30. The molecule has 2 aliphatic heterocycles. The average molecular weight is 155 g/mol. The smallest absolute Gasteiger partial charge is 0.0880 e. The summed E-state index contributed by atoms with van der Waals surface area (Å²) in [5.74, 6) is 0. The molecule has 2 saturated heterocycles. The predicted molar refractivity (Wildman–Crippen MR) is 45.4 cm³/mol. The van der Waals surface area contributed by atoms with Crippen LogP contribution in [0.15, 0.2) is 0 Å². The number of quaternary nitrogens is 1. The lowest BCUT2D eigenvalue weighted by Crippen LogP contribution is -3.00. The van der Waals surface area contributed by atoms with E-state index in [0.29, 0.717) is 0 Å². The van der Waals surface area contributed by atoms with Gasteiger partial charge in [0.25, 0.3) is 0 Å². The lowest BCUT2D eigenvalue weighted by atomic mass is 9.81. The Morgan fingerprint density at radius 2 is 2.09 bits per heavy atom. The second-order valence-electron chi connectivity index (χ2n) is 4.51. The molecule has 0 aliphatic carbocycles. The van der Waals surface area contributed by atoms with Gasteiger partial charge in [0.15, 0.2) is 0 Å². The molecular weight excluding hydrogens is 136 g/mol. The van der Waals surface area contributed by atoms with Gasteiger partial charge in [0.05, 0.1) is 18.5 Å². The van der Waals surface area contributed by atoms with E-state index in [4.69, 9.17) is 0 Å². The van der Waals surface area contributed by atoms with Crippen molar-refractivity contribution in [1.29, 1.82) is 0 Å². The molecule has 64 valence electrons. The monoisotopic (exact) mass is 155 g/mol. The van der Waals surface area contributed by atoms with Crippen LogP contribution in [-0.4, -0.2) is 37.1 Å². The zero-order valence-corrected chi connectivity index (χ0v) is 7.64. The van der Waals surface area contributed by atoms with Gasteiger partial charge in [-0.1, -0.05) is 0 Å². The summed E-state index contributed by atoms with van der Waals surface area (Å²) in [5.41, 5.74) is 0.740. The Kier molecular flexibility index (Phi) is 1.69. The molecule has 0 bridgehead atoms. The van der Waals surface area contributed by atoms with E-state index in [1.807, 2.05) is 0 Å². The molecule has 0 unspecified atom stereocenters. The van der Waals surface area contributed by atoms with Crippen molar-refractivity contribution < 1.29 is 5.32 Å². The third kappa shape index (κ3) is 1.18. The van der Waals surface area contributed by atoms with E-state index in [1.54, 1.807) is 0 Å². The fraction of sp³-hybridized carbons (Fsp3) is 1.00. The molecule has 1 spiro atoms. The minimum Gasteiger partial charge on any atom is -0.345 e. The predicted octanol–water partition coefficient (Wildman–Crippen LogP) is -0.336. The molecular formula is C9H19N2+. The molecule has 0 amide bonds. The van der Waals surface area contributed by atoms with E-state index in [2.05, 4.69) is 24.1 Å². The van der Waals surface area contributed by atoms with Gasteiger partial charge in [-0.25, -0.2) is 0 Å². The normalized spacial score (nSPS) is 29.7. The Morgan fingerprint density at radius 1 is 1.36 bits per heavy atom. The summed E-state index contributed by atoms with van der Waals surface area (Å²) in [6, 6.07) is 0.759. The van der Waals surface area contributed by atoms with Gasteiger partial charge in [-0.2, -0.15) is 0 Å². The van der Waals surface area contributed by atoms with Crippen molar-refractivity contribution in [1.82, 2.24) is 4.90 Å². The quantitative estimate of drug-likeness (QED) is 0.549. The molecule has 11 heavy (non-hydrogen) atoms. The summed E-state index contributed by atoms with van der Waals surface area (Å²) >= 11 is 0. The van der Waals surface area contributed by atoms with Gasteiger partial charge in [-0.3, -0.25) is 4.90 Å². The van der Waals surface area contributed by atoms with Crippen LogP contribution in [0.3, 0.4) is 0 Å². The van der Waals surface area contributed by atoms with E-state index < -0.39 is 0 Å². The van der Waals surface area contributed by atoms with Gasteiger partial charge in [-0.15, -0.1) is 0 Å². The van der Waals surface area contributed by atoms with E-state index in [-0.39, 0.29) is 0 Å². The van der Waals surface area contributed by atoms with Crippen molar-refractivity contribution in [3.05, 3.63) is 0 Å². The van der Waals surface area contributed by atoms with Crippen LogP contribution < -0.4 is 5.32 Å². The van der Waals surface area contributed by atoms with Crippen molar-refractivity contribution in [3.8, 4) is 0 Å². The van der Waals surface area contributed by atoms with Crippen molar-refractivity contribution in [2.75, 3.05) is 26.2 Å². The van der Waals surface area contributed by atoms with E-state index >= 15 is 0 Å². The number of nitrogens with zero attached hydrogens (tertiary/aromatic N) is 1. The number of likely N-dealkylation sites (tertiary alicyclic amines) is 1. The summed E-state index contributed by atoms with van der Waals surface area (Å²) in [7, 11) is 0. The molecule has 2 rings (SSSR count). The van der Waals surface area contributed by atoms with Crippen molar-refractivity contribution in [2.24, 2.45) is 5.41 Å². The lowest BCUT2D eigenvalue weighted by molar-refractivity contribution is -0.740. The molecule has 0 saturated carbocycles. The molecule has 2 heterocycles. The Morgan fingerprint density at radius 3 is 2.36 bits per heavy atom. The van der Waals surface area contributed by atoms with E-state index in [0.717, 1.165) is 11.5 Å². The van der Waals surface area contributed by atoms with E-state index in [1.165, 1.54) is 32.6 Å². The maximum absolute atomic E-state index is 2.62. The number of rotatable bonds is 1. The maximum atomic E-state index is 2.62. The topological polar surface area (TPSA) is 19.9 Å². The van der Waals surface area contributed by atoms with Crippen LogP contribution in [0.25, 0.3) is 0 Å². The van der Waals surface area contributed by atoms with Crippen LogP contribution in [0.4, 0.5) is 0 Å².